The molecular formula is C14H19N3O. The minimum absolute atomic E-state index is 0.00204. The fourth-order valence-electron chi connectivity index (χ4n) is 2.20. The van der Waals surface area contributed by atoms with Crippen LogP contribution in [-0.4, -0.2) is 22.0 Å². The Labute approximate surface area is 107 Å². The predicted octanol–water partition coefficient (Wildman–Crippen LogP) is 2.30. The van der Waals surface area contributed by atoms with E-state index in [1.165, 1.54) is 6.92 Å². The molecule has 0 fully saturated rings. The normalized spacial score (nSPS) is 11.1. The number of nitrogens with one attached hydrogen (secondary N) is 1. The van der Waals surface area contributed by atoms with Crippen molar-refractivity contribution in [1.29, 1.82) is 0 Å². The standard InChI is InChI=1S/C14H19N3O/c1-10(2)17-13-7-5-4-6-12(13)16-14(17)8-9-15-11(3)18/h4-7,10H,8-9H2,1-3H3,(H,15,18). The van der Waals surface area contributed by atoms with Crippen LogP contribution in [0.3, 0.4) is 0 Å². The van der Waals surface area contributed by atoms with Crippen molar-refractivity contribution in [3.8, 4) is 0 Å². The minimum atomic E-state index is 0.00204. The largest absolute Gasteiger partial charge is 0.356 e. The monoisotopic (exact) mass is 245 g/mol. The number of nitrogens with zero attached hydrogens (tertiary/aromatic N) is 2. The molecular weight excluding hydrogens is 226 g/mol. The number of hydrogen-bond acceptors (Lipinski definition) is 2. The minimum Gasteiger partial charge on any atom is -0.356 e. The zero-order valence-corrected chi connectivity index (χ0v) is 11.1. The molecule has 0 aliphatic rings. The topological polar surface area (TPSA) is 46.9 Å². The highest BCUT2D eigenvalue weighted by molar-refractivity contribution is 5.76. The Balaban J connectivity index is 2.31. The molecule has 1 N–H and O–H groups in total. The number of amides is 1. The van der Waals surface area contributed by atoms with Gasteiger partial charge in [-0.15, -0.1) is 0 Å². The lowest BCUT2D eigenvalue weighted by atomic mass is 10.3. The van der Waals surface area contributed by atoms with Crippen molar-refractivity contribution >= 4 is 16.9 Å². The first-order valence-electron chi connectivity index (χ1n) is 6.30. The Hall–Kier alpha value is -1.84. The highest BCUT2D eigenvalue weighted by Crippen LogP contribution is 2.20. The van der Waals surface area contributed by atoms with Crippen LogP contribution in [0.4, 0.5) is 0 Å². The molecule has 1 aromatic heterocycles. The third-order valence-electron chi connectivity index (χ3n) is 2.91. The number of aromatic nitrogens is 2. The summed E-state index contributed by atoms with van der Waals surface area (Å²) in [6.45, 7) is 6.46. The van der Waals surface area contributed by atoms with Crippen LogP contribution in [0.25, 0.3) is 11.0 Å². The summed E-state index contributed by atoms with van der Waals surface area (Å²) < 4.78 is 2.23. The predicted molar refractivity (Wildman–Crippen MR) is 72.5 cm³/mol. The molecule has 0 unspecified atom stereocenters. The number of para-hydroxylation sites is 2. The second kappa shape index (κ2) is 5.21. The smallest absolute Gasteiger partial charge is 0.216 e. The Morgan fingerprint density at radius 2 is 2.11 bits per heavy atom. The van der Waals surface area contributed by atoms with E-state index in [1.807, 2.05) is 18.2 Å². The molecule has 0 bridgehead atoms. The number of hydrogen-bond donors (Lipinski definition) is 1. The number of rotatable bonds is 4. The maximum Gasteiger partial charge on any atom is 0.216 e. The Bertz CT molecular complexity index is 557. The second-order valence-electron chi connectivity index (χ2n) is 4.71. The highest BCUT2D eigenvalue weighted by atomic mass is 16.1. The van der Waals surface area contributed by atoms with Gasteiger partial charge in [0.1, 0.15) is 5.82 Å². The van der Waals surface area contributed by atoms with Crippen LogP contribution in [0.2, 0.25) is 0 Å². The van der Waals surface area contributed by atoms with E-state index in [9.17, 15) is 4.79 Å². The molecule has 0 atom stereocenters. The Kier molecular flexibility index (Phi) is 3.65. The Morgan fingerprint density at radius 3 is 2.78 bits per heavy atom. The van der Waals surface area contributed by atoms with Gasteiger partial charge < -0.3 is 9.88 Å². The van der Waals surface area contributed by atoms with Crippen LogP contribution in [0.5, 0.6) is 0 Å². The van der Waals surface area contributed by atoms with E-state index in [0.29, 0.717) is 12.6 Å². The maximum absolute atomic E-state index is 10.9. The van der Waals surface area contributed by atoms with E-state index in [4.69, 9.17) is 0 Å². The zero-order chi connectivity index (χ0) is 13.1. The Morgan fingerprint density at radius 1 is 1.39 bits per heavy atom. The molecule has 0 aliphatic carbocycles. The van der Waals surface area contributed by atoms with E-state index in [2.05, 4.69) is 34.8 Å². The van der Waals surface area contributed by atoms with Crippen LogP contribution >= 0.6 is 0 Å². The molecule has 0 spiro atoms. The summed E-state index contributed by atoms with van der Waals surface area (Å²) in [5.41, 5.74) is 2.18. The summed E-state index contributed by atoms with van der Waals surface area (Å²) in [6, 6.07) is 8.50. The lowest BCUT2D eigenvalue weighted by Gasteiger charge is -2.13. The number of fused-ring (bicyclic) bond motifs is 1. The van der Waals surface area contributed by atoms with Crippen molar-refractivity contribution in [2.24, 2.45) is 0 Å². The lowest BCUT2D eigenvalue weighted by molar-refractivity contribution is -0.118. The average molecular weight is 245 g/mol. The van der Waals surface area contributed by atoms with Gasteiger partial charge in [0.25, 0.3) is 0 Å². The van der Waals surface area contributed by atoms with Gasteiger partial charge in [0.15, 0.2) is 0 Å². The van der Waals surface area contributed by atoms with Crippen molar-refractivity contribution in [3.05, 3.63) is 30.1 Å². The molecule has 4 nitrogen and oxygen atoms in total. The van der Waals surface area contributed by atoms with Gasteiger partial charge in [-0.25, -0.2) is 4.98 Å². The number of carbonyl (C=O) groups is 1. The van der Waals surface area contributed by atoms with Crippen molar-refractivity contribution in [2.75, 3.05) is 6.54 Å². The number of imidazole rings is 1. The average Bonchev–Trinajstić information content (AvgIpc) is 2.66. The first-order chi connectivity index (χ1) is 8.59. The quantitative estimate of drug-likeness (QED) is 0.898. The fourth-order valence-corrected chi connectivity index (χ4v) is 2.20. The van der Waals surface area contributed by atoms with Crippen molar-refractivity contribution in [3.63, 3.8) is 0 Å². The first kappa shape index (κ1) is 12.6. The molecule has 1 amide bonds. The second-order valence-corrected chi connectivity index (χ2v) is 4.71. The van der Waals surface area contributed by atoms with Gasteiger partial charge in [-0.3, -0.25) is 4.79 Å². The van der Waals surface area contributed by atoms with E-state index < -0.39 is 0 Å². The van der Waals surface area contributed by atoms with Crippen LogP contribution < -0.4 is 5.32 Å². The summed E-state index contributed by atoms with van der Waals surface area (Å²) in [7, 11) is 0. The van der Waals surface area contributed by atoms with Gasteiger partial charge in [0.05, 0.1) is 11.0 Å². The lowest BCUT2D eigenvalue weighted by Crippen LogP contribution is -2.23. The highest BCUT2D eigenvalue weighted by Gasteiger charge is 2.12. The van der Waals surface area contributed by atoms with E-state index in [0.717, 1.165) is 23.3 Å². The van der Waals surface area contributed by atoms with Crippen molar-refractivity contribution in [1.82, 2.24) is 14.9 Å². The summed E-state index contributed by atoms with van der Waals surface area (Å²) >= 11 is 0. The summed E-state index contributed by atoms with van der Waals surface area (Å²) in [5, 5.41) is 2.81. The van der Waals surface area contributed by atoms with E-state index in [1.54, 1.807) is 0 Å². The first-order valence-corrected chi connectivity index (χ1v) is 6.30. The van der Waals surface area contributed by atoms with Gasteiger partial charge >= 0.3 is 0 Å². The van der Waals surface area contributed by atoms with Gasteiger partial charge in [-0.05, 0) is 26.0 Å². The van der Waals surface area contributed by atoms with Crippen LogP contribution in [0.15, 0.2) is 24.3 Å². The molecule has 0 radical (unpaired) electrons. The zero-order valence-electron chi connectivity index (χ0n) is 11.1. The fraction of sp³-hybridized carbons (Fsp3) is 0.429. The van der Waals surface area contributed by atoms with Crippen LogP contribution in [0, 0.1) is 0 Å². The van der Waals surface area contributed by atoms with Gasteiger partial charge in [0.2, 0.25) is 5.91 Å². The molecule has 2 aromatic rings. The van der Waals surface area contributed by atoms with Gasteiger partial charge in [-0.2, -0.15) is 0 Å². The van der Waals surface area contributed by atoms with Crippen LogP contribution in [0.1, 0.15) is 32.6 Å². The molecule has 1 aromatic carbocycles. The third kappa shape index (κ3) is 2.53. The molecule has 0 saturated heterocycles. The van der Waals surface area contributed by atoms with Gasteiger partial charge in [0, 0.05) is 25.9 Å². The number of carbonyl (C=O) groups excluding carboxylic acids is 1. The maximum atomic E-state index is 10.9. The van der Waals surface area contributed by atoms with Crippen molar-refractivity contribution < 1.29 is 4.79 Å². The summed E-state index contributed by atoms with van der Waals surface area (Å²) in [5.74, 6) is 1.03. The molecule has 1 heterocycles. The molecule has 2 rings (SSSR count). The van der Waals surface area contributed by atoms with Gasteiger partial charge in [-0.1, -0.05) is 12.1 Å². The van der Waals surface area contributed by atoms with Crippen LogP contribution in [-0.2, 0) is 11.2 Å². The number of benzene rings is 1. The third-order valence-corrected chi connectivity index (χ3v) is 2.91. The summed E-state index contributed by atoms with van der Waals surface area (Å²) in [6.07, 6.45) is 0.756. The van der Waals surface area contributed by atoms with E-state index in [-0.39, 0.29) is 5.91 Å². The molecule has 0 aliphatic heterocycles. The molecule has 4 heteroatoms. The SMILES string of the molecule is CC(=O)NCCc1nc2ccccc2n1C(C)C. The molecule has 0 saturated carbocycles. The molecule has 96 valence electrons. The van der Waals surface area contributed by atoms with Crippen molar-refractivity contribution in [2.45, 2.75) is 33.2 Å². The van der Waals surface area contributed by atoms with E-state index >= 15 is 0 Å². The molecule has 18 heavy (non-hydrogen) atoms. The summed E-state index contributed by atoms with van der Waals surface area (Å²) in [4.78, 5) is 15.5.